The third-order valence-electron chi connectivity index (χ3n) is 3.80. The number of nitrogens with one attached hydrogen (secondary N) is 1. The van der Waals surface area contributed by atoms with E-state index >= 15 is 0 Å². The quantitative estimate of drug-likeness (QED) is 0.709. The van der Waals surface area contributed by atoms with Crippen LogP contribution in [0, 0.1) is 0 Å². The number of hydrogen-bond acceptors (Lipinski definition) is 5. The van der Waals surface area contributed by atoms with E-state index in [1.54, 1.807) is 12.1 Å². The number of piperidine rings is 1. The Labute approximate surface area is 126 Å². The largest absolute Gasteiger partial charge is 0.399 e. The molecule has 0 spiro atoms. The number of rotatable bonds is 5. The van der Waals surface area contributed by atoms with Gasteiger partial charge in [0, 0.05) is 24.8 Å². The van der Waals surface area contributed by atoms with Gasteiger partial charge in [0.05, 0.1) is 5.69 Å². The first-order valence-electron chi connectivity index (χ1n) is 7.31. The highest BCUT2D eigenvalue weighted by atomic mass is 32.2. The third-order valence-corrected chi connectivity index (χ3v) is 4.75. The van der Waals surface area contributed by atoms with Crippen LogP contribution in [-0.4, -0.2) is 39.0 Å². The van der Waals surface area contributed by atoms with Crippen LogP contribution in [0.2, 0.25) is 0 Å². The molecule has 0 bridgehead atoms. The second kappa shape index (κ2) is 6.64. The number of sulfonamides is 1. The van der Waals surface area contributed by atoms with Gasteiger partial charge in [0.2, 0.25) is 10.0 Å². The molecule has 1 aromatic carbocycles. The van der Waals surface area contributed by atoms with Crippen molar-refractivity contribution in [3.05, 3.63) is 18.2 Å². The lowest BCUT2D eigenvalue weighted by Gasteiger charge is -2.32. The highest BCUT2D eigenvalue weighted by Gasteiger charge is 2.21. The molecule has 0 radical (unpaired) electrons. The summed E-state index contributed by atoms with van der Waals surface area (Å²) >= 11 is 0. The molecule has 0 saturated carbocycles. The summed E-state index contributed by atoms with van der Waals surface area (Å²) in [4.78, 5) is 2.50. The van der Waals surface area contributed by atoms with Gasteiger partial charge in [-0.3, -0.25) is 0 Å². The lowest BCUT2D eigenvalue weighted by Crippen LogP contribution is -2.39. The van der Waals surface area contributed by atoms with Crippen molar-refractivity contribution in [2.75, 3.05) is 30.7 Å². The molecule has 21 heavy (non-hydrogen) atoms. The number of primary sulfonamides is 1. The molecule has 1 aromatic rings. The summed E-state index contributed by atoms with van der Waals surface area (Å²) in [5.41, 5.74) is 6.59. The van der Waals surface area contributed by atoms with Crippen molar-refractivity contribution in [2.24, 2.45) is 5.14 Å². The second-order valence-corrected chi connectivity index (χ2v) is 7.09. The molecule has 0 unspecified atom stereocenters. The lowest BCUT2D eigenvalue weighted by molar-refractivity contribution is 0.219. The van der Waals surface area contributed by atoms with Crippen LogP contribution in [0.3, 0.4) is 0 Å². The van der Waals surface area contributed by atoms with Gasteiger partial charge in [0.25, 0.3) is 0 Å². The Hall–Kier alpha value is -1.31. The van der Waals surface area contributed by atoms with E-state index in [0.29, 0.717) is 11.4 Å². The number of hydrogen-bond donors (Lipinski definition) is 3. The first kappa shape index (κ1) is 16.1. The zero-order valence-corrected chi connectivity index (χ0v) is 13.2. The minimum Gasteiger partial charge on any atom is -0.399 e. The van der Waals surface area contributed by atoms with Crippen molar-refractivity contribution in [1.82, 2.24) is 4.90 Å². The van der Waals surface area contributed by atoms with Gasteiger partial charge in [-0.15, -0.1) is 0 Å². The second-order valence-electron chi connectivity index (χ2n) is 5.56. The van der Waals surface area contributed by atoms with Crippen LogP contribution in [0.5, 0.6) is 0 Å². The highest BCUT2D eigenvalue weighted by molar-refractivity contribution is 7.89. The van der Waals surface area contributed by atoms with Gasteiger partial charge in [-0.1, -0.05) is 6.92 Å². The van der Waals surface area contributed by atoms with Crippen molar-refractivity contribution < 1.29 is 8.42 Å². The molecule has 1 saturated heterocycles. The number of anilines is 2. The normalized spacial score (nSPS) is 17.8. The van der Waals surface area contributed by atoms with Crippen molar-refractivity contribution >= 4 is 21.4 Å². The molecule has 6 nitrogen and oxygen atoms in total. The Morgan fingerprint density at radius 1 is 1.33 bits per heavy atom. The molecule has 0 aliphatic carbocycles. The lowest BCUT2D eigenvalue weighted by atomic mass is 10.0. The topological polar surface area (TPSA) is 101 Å². The maximum atomic E-state index is 11.7. The van der Waals surface area contributed by atoms with E-state index in [2.05, 4.69) is 17.1 Å². The van der Waals surface area contributed by atoms with Crippen LogP contribution in [0.15, 0.2) is 23.1 Å². The Kier molecular flexibility index (Phi) is 5.08. The molecule has 1 fully saturated rings. The molecule has 1 heterocycles. The highest BCUT2D eigenvalue weighted by Crippen LogP contribution is 2.25. The minimum atomic E-state index is -3.78. The van der Waals surface area contributed by atoms with E-state index in [1.165, 1.54) is 6.07 Å². The number of nitrogens with zero attached hydrogens (tertiary/aromatic N) is 1. The first-order chi connectivity index (χ1) is 9.90. The summed E-state index contributed by atoms with van der Waals surface area (Å²) in [6.07, 6.45) is 3.15. The van der Waals surface area contributed by atoms with Crippen LogP contribution in [-0.2, 0) is 10.0 Å². The summed E-state index contributed by atoms with van der Waals surface area (Å²) in [7, 11) is -3.78. The van der Waals surface area contributed by atoms with Crippen LogP contribution in [0.25, 0.3) is 0 Å². The summed E-state index contributed by atoms with van der Waals surface area (Å²) in [6, 6.07) is 5.04. The fraction of sp³-hybridized carbons (Fsp3) is 0.571. The Balaban J connectivity index is 2.07. The van der Waals surface area contributed by atoms with Gasteiger partial charge in [-0.05, 0) is 44.0 Å². The van der Waals surface area contributed by atoms with Gasteiger partial charge in [-0.25, -0.2) is 13.6 Å². The van der Waals surface area contributed by atoms with Crippen LogP contribution < -0.4 is 16.2 Å². The fourth-order valence-electron chi connectivity index (χ4n) is 2.73. The molecular formula is C14H24N4O2S. The van der Waals surface area contributed by atoms with Crippen LogP contribution in [0.4, 0.5) is 11.4 Å². The zero-order chi connectivity index (χ0) is 15.5. The molecule has 1 aliphatic heterocycles. The summed E-state index contributed by atoms with van der Waals surface area (Å²) in [5, 5.41) is 8.57. The Bertz CT molecular complexity index is 581. The molecule has 2 rings (SSSR count). The molecule has 0 aromatic heterocycles. The standard InChI is InChI=1S/C14H24N4O2S/c1-2-7-18-8-5-12(6-9-18)17-13-4-3-11(15)10-14(13)21(16,19)20/h3-4,10,12,17H,2,5-9,15H2,1H3,(H2,16,19,20). The maximum Gasteiger partial charge on any atom is 0.240 e. The van der Waals surface area contributed by atoms with Crippen molar-refractivity contribution in [2.45, 2.75) is 37.1 Å². The summed E-state index contributed by atoms with van der Waals surface area (Å²) < 4.78 is 23.3. The number of nitrogen functional groups attached to an aromatic ring is 1. The molecule has 7 heteroatoms. The van der Waals surface area contributed by atoms with Crippen LogP contribution >= 0.6 is 0 Å². The van der Waals surface area contributed by atoms with Crippen molar-refractivity contribution in [3.63, 3.8) is 0 Å². The van der Waals surface area contributed by atoms with E-state index in [-0.39, 0.29) is 10.9 Å². The predicted octanol–water partition coefficient (Wildman–Crippen LogP) is 1.20. The number of nitrogens with two attached hydrogens (primary N) is 2. The van der Waals surface area contributed by atoms with E-state index in [9.17, 15) is 8.42 Å². The van der Waals surface area contributed by atoms with E-state index in [1.807, 2.05) is 0 Å². The molecular weight excluding hydrogens is 288 g/mol. The summed E-state index contributed by atoms with van der Waals surface area (Å²) in [5.74, 6) is 0. The molecule has 0 amide bonds. The third kappa shape index (κ3) is 4.33. The van der Waals surface area contributed by atoms with Crippen LogP contribution in [0.1, 0.15) is 26.2 Å². The van der Waals surface area contributed by atoms with Gasteiger partial charge >= 0.3 is 0 Å². The average molecular weight is 312 g/mol. The fourth-order valence-corrected chi connectivity index (χ4v) is 3.46. The molecule has 118 valence electrons. The SMILES string of the molecule is CCCN1CCC(Nc2ccc(N)cc2S(N)(=O)=O)CC1. The molecule has 1 aliphatic rings. The van der Waals surface area contributed by atoms with Crippen molar-refractivity contribution in [3.8, 4) is 0 Å². The van der Waals surface area contributed by atoms with E-state index < -0.39 is 10.0 Å². The monoisotopic (exact) mass is 312 g/mol. The predicted molar refractivity (Wildman–Crippen MR) is 85.6 cm³/mol. The molecule has 5 N–H and O–H groups in total. The van der Waals surface area contributed by atoms with Gasteiger partial charge in [0.15, 0.2) is 0 Å². The average Bonchev–Trinajstić information content (AvgIpc) is 2.42. The van der Waals surface area contributed by atoms with Gasteiger partial charge < -0.3 is 16.0 Å². The van der Waals surface area contributed by atoms with E-state index in [0.717, 1.165) is 38.9 Å². The maximum absolute atomic E-state index is 11.7. The molecule has 0 atom stereocenters. The Morgan fingerprint density at radius 3 is 2.57 bits per heavy atom. The van der Waals surface area contributed by atoms with E-state index in [4.69, 9.17) is 10.9 Å². The summed E-state index contributed by atoms with van der Waals surface area (Å²) in [6.45, 7) is 5.37. The zero-order valence-electron chi connectivity index (χ0n) is 12.4. The van der Waals surface area contributed by atoms with Gasteiger partial charge in [0.1, 0.15) is 4.90 Å². The smallest absolute Gasteiger partial charge is 0.240 e. The minimum absolute atomic E-state index is 0.0680. The number of benzene rings is 1. The van der Waals surface area contributed by atoms with Crippen molar-refractivity contribution in [1.29, 1.82) is 0 Å². The van der Waals surface area contributed by atoms with Gasteiger partial charge in [-0.2, -0.15) is 0 Å². The Morgan fingerprint density at radius 2 is 2.00 bits per heavy atom. The number of likely N-dealkylation sites (tertiary alicyclic amines) is 1. The first-order valence-corrected chi connectivity index (χ1v) is 8.86.